The molecule has 0 atom stereocenters. The van der Waals surface area contributed by atoms with E-state index in [9.17, 15) is 13.2 Å². The Labute approximate surface area is 132 Å². The summed E-state index contributed by atoms with van der Waals surface area (Å²) >= 11 is 0. The Morgan fingerprint density at radius 3 is 2.52 bits per heavy atom. The largest absolute Gasteiger partial charge is 0.441 e. The average Bonchev–Trinajstić information content (AvgIpc) is 2.86. The van der Waals surface area contributed by atoms with Crippen molar-refractivity contribution in [1.29, 1.82) is 0 Å². The number of rotatable bonds is 4. The number of nitrogens with zero attached hydrogens (tertiary/aromatic N) is 1. The van der Waals surface area contributed by atoms with Gasteiger partial charge in [-0.3, -0.25) is 9.52 Å². The number of aromatic nitrogens is 1. The molecule has 0 radical (unpaired) electrons. The van der Waals surface area contributed by atoms with Crippen LogP contribution in [0.3, 0.4) is 0 Å². The highest BCUT2D eigenvalue weighted by Crippen LogP contribution is 2.22. The van der Waals surface area contributed by atoms with Gasteiger partial charge in [-0.05, 0) is 42.5 Å². The lowest BCUT2D eigenvalue weighted by Gasteiger charge is -2.08. The van der Waals surface area contributed by atoms with Gasteiger partial charge in [-0.2, -0.15) is 0 Å². The maximum absolute atomic E-state index is 12.4. The second-order valence-electron chi connectivity index (χ2n) is 4.91. The lowest BCUT2D eigenvalue weighted by atomic mass is 10.2. The third-order valence-electron chi connectivity index (χ3n) is 3.20. The number of amides is 1. The van der Waals surface area contributed by atoms with Gasteiger partial charge in [0, 0.05) is 18.2 Å². The molecule has 0 fully saturated rings. The number of nitrogens with two attached hydrogens (primary N) is 1. The molecule has 0 aliphatic rings. The van der Waals surface area contributed by atoms with Crippen LogP contribution >= 0.6 is 0 Å². The first kappa shape index (κ1) is 15.0. The summed E-state index contributed by atoms with van der Waals surface area (Å²) in [7, 11) is -3.78. The summed E-state index contributed by atoms with van der Waals surface area (Å²) in [4.78, 5) is 15.2. The molecule has 1 heterocycles. The van der Waals surface area contributed by atoms with E-state index >= 15 is 0 Å². The van der Waals surface area contributed by atoms with E-state index in [1.165, 1.54) is 36.4 Å². The summed E-state index contributed by atoms with van der Waals surface area (Å²) in [5.41, 5.74) is 6.76. The van der Waals surface area contributed by atoms with Crippen LogP contribution in [0, 0.1) is 6.92 Å². The number of hydrogen-bond donors (Lipinski definition) is 2. The van der Waals surface area contributed by atoms with Gasteiger partial charge in [0.1, 0.15) is 5.52 Å². The van der Waals surface area contributed by atoms with E-state index in [4.69, 9.17) is 10.2 Å². The van der Waals surface area contributed by atoms with E-state index in [0.29, 0.717) is 28.2 Å². The molecule has 0 spiro atoms. The van der Waals surface area contributed by atoms with Crippen molar-refractivity contribution < 1.29 is 17.6 Å². The van der Waals surface area contributed by atoms with Gasteiger partial charge in [-0.1, -0.05) is 0 Å². The van der Waals surface area contributed by atoms with E-state index in [-0.39, 0.29) is 4.90 Å². The Morgan fingerprint density at radius 1 is 1.17 bits per heavy atom. The van der Waals surface area contributed by atoms with Crippen molar-refractivity contribution in [3.05, 3.63) is 53.9 Å². The molecule has 1 amide bonds. The molecule has 1 aromatic heterocycles. The normalized spacial score (nSPS) is 11.5. The van der Waals surface area contributed by atoms with Gasteiger partial charge in [0.15, 0.2) is 11.5 Å². The van der Waals surface area contributed by atoms with E-state index in [1.54, 1.807) is 13.0 Å². The Balaban J connectivity index is 1.91. The number of primary amides is 1. The van der Waals surface area contributed by atoms with E-state index in [1.807, 2.05) is 0 Å². The topological polar surface area (TPSA) is 115 Å². The molecule has 23 heavy (non-hydrogen) atoms. The lowest BCUT2D eigenvalue weighted by molar-refractivity contribution is 0.100. The second kappa shape index (κ2) is 5.40. The summed E-state index contributed by atoms with van der Waals surface area (Å²) in [6.07, 6.45) is 0. The van der Waals surface area contributed by atoms with Crippen LogP contribution in [-0.4, -0.2) is 19.3 Å². The highest BCUT2D eigenvalue weighted by atomic mass is 32.2. The van der Waals surface area contributed by atoms with E-state index in [0.717, 1.165) is 0 Å². The van der Waals surface area contributed by atoms with Gasteiger partial charge in [0.2, 0.25) is 5.91 Å². The van der Waals surface area contributed by atoms with Crippen LogP contribution in [0.5, 0.6) is 0 Å². The lowest BCUT2D eigenvalue weighted by Crippen LogP contribution is -2.14. The summed E-state index contributed by atoms with van der Waals surface area (Å²) in [6, 6.07) is 10.3. The summed E-state index contributed by atoms with van der Waals surface area (Å²) in [6.45, 7) is 1.69. The SMILES string of the molecule is Cc1nc2cc(S(=O)(=O)Nc3ccc(C(N)=O)cc3)ccc2o1. The number of carbonyl (C=O) groups is 1. The summed E-state index contributed by atoms with van der Waals surface area (Å²) < 4.78 is 32.6. The van der Waals surface area contributed by atoms with Crippen LogP contribution < -0.4 is 10.5 Å². The summed E-state index contributed by atoms with van der Waals surface area (Å²) in [5.74, 6) is -0.115. The predicted octanol–water partition coefficient (Wildman–Crippen LogP) is 2.04. The molecule has 3 aromatic rings. The number of anilines is 1. The molecule has 3 rings (SSSR count). The predicted molar refractivity (Wildman–Crippen MR) is 84.5 cm³/mol. The minimum Gasteiger partial charge on any atom is -0.441 e. The Hall–Kier alpha value is -2.87. The number of sulfonamides is 1. The van der Waals surface area contributed by atoms with E-state index < -0.39 is 15.9 Å². The van der Waals surface area contributed by atoms with Crippen LogP contribution in [0.15, 0.2) is 51.8 Å². The van der Waals surface area contributed by atoms with Crippen molar-refractivity contribution in [3.8, 4) is 0 Å². The van der Waals surface area contributed by atoms with Gasteiger partial charge in [-0.25, -0.2) is 13.4 Å². The summed E-state index contributed by atoms with van der Waals surface area (Å²) in [5, 5.41) is 0. The molecular formula is C15H13N3O4S. The van der Waals surface area contributed by atoms with Crippen LogP contribution in [0.2, 0.25) is 0 Å². The third-order valence-corrected chi connectivity index (χ3v) is 4.58. The number of hydrogen-bond acceptors (Lipinski definition) is 5. The number of oxazole rings is 1. The first-order valence-corrected chi connectivity index (χ1v) is 8.13. The van der Waals surface area contributed by atoms with Crippen molar-refractivity contribution >= 4 is 32.7 Å². The molecule has 0 unspecified atom stereocenters. The molecule has 2 aromatic carbocycles. The third kappa shape index (κ3) is 3.02. The zero-order valence-electron chi connectivity index (χ0n) is 12.1. The maximum atomic E-state index is 12.4. The number of aryl methyl sites for hydroxylation is 1. The molecule has 0 saturated heterocycles. The number of fused-ring (bicyclic) bond motifs is 1. The average molecular weight is 331 g/mol. The minimum absolute atomic E-state index is 0.0669. The van der Waals surface area contributed by atoms with Gasteiger partial charge in [0.25, 0.3) is 10.0 Å². The molecule has 0 saturated carbocycles. The molecule has 0 bridgehead atoms. The van der Waals surface area contributed by atoms with Crippen LogP contribution in [0.4, 0.5) is 5.69 Å². The fourth-order valence-electron chi connectivity index (χ4n) is 2.11. The minimum atomic E-state index is -3.78. The maximum Gasteiger partial charge on any atom is 0.261 e. The van der Waals surface area contributed by atoms with Crippen molar-refractivity contribution in [2.24, 2.45) is 5.73 Å². The molecule has 118 valence electrons. The van der Waals surface area contributed by atoms with Crippen molar-refractivity contribution in [1.82, 2.24) is 4.98 Å². The quantitative estimate of drug-likeness (QED) is 0.759. The number of nitrogens with one attached hydrogen (secondary N) is 1. The Bertz CT molecular complexity index is 991. The first-order valence-electron chi connectivity index (χ1n) is 6.65. The molecule has 7 nitrogen and oxygen atoms in total. The van der Waals surface area contributed by atoms with Crippen molar-refractivity contribution in [2.75, 3.05) is 4.72 Å². The van der Waals surface area contributed by atoms with Crippen LogP contribution in [-0.2, 0) is 10.0 Å². The van der Waals surface area contributed by atoms with Gasteiger partial charge in [0.05, 0.1) is 4.90 Å². The van der Waals surface area contributed by atoms with Gasteiger partial charge >= 0.3 is 0 Å². The van der Waals surface area contributed by atoms with Gasteiger partial charge in [-0.15, -0.1) is 0 Å². The molecular weight excluding hydrogens is 318 g/mol. The first-order chi connectivity index (χ1) is 10.8. The zero-order valence-corrected chi connectivity index (χ0v) is 12.9. The fourth-order valence-corrected chi connectivity index (χ4v) is 3.18. The highest BCUT2D eigenvalue weighted by Gasteiger charge is 2.16. The second-order valence-corrected chi connectivity index (χ2v) is 6.59. The van der Waals surface area contributed by atoms with Crippen LogP contribution in [0.1, 0.15) is 16.2 Å². The van der Waals surface area contributed by atoms with Gasteiger partial charge < -0.3 is 10.2 Å². The number of benzene rings is 2. The molecule has 3 N–H and O–H groups in total. The molecule has 0 aliphatic heterocycles. The fraction of sp³-hybridized carbons (Fsp3) is 0.0667. The molecule has 8 heteroatoms. The Morgan fingerprint density at radius 2 is 1.87 bits per heavy atom. The standard InChI is InChI=1S/C15H13N3O4S/c1-9-17-13-8-12(6-7-14(13)22-9)23(20,21)18-11-4-2-10(3-5-11)15(16)19/h2-8,18H,1H3,(H2,16,19). The van der Waals surface area contributed by atoms with Crippen molar-refractivity contribution in [3.63, 3.8) is 0 Å². The van der Waals surface area contributed by atoms with Crippen molar-refractivity contribution in [2.45, 2.75) is 11.8 Å². The monoisotopic (exact) mass is 331 g/mol. The highest BCUT2D eigenvalue weighted by molar-refractivity contribution is 7.92. The van der Waals surface area contributed by atoms with E-state index in [2.05, 4.69) is 9.71 Å². The van der Waals surface area contributed by atoms with Crippen LogP contribution in [0.25, 0.3) is 11.1 Å². The zero-order chi connectivity index (χ0) is 16.6. The smallest absolute Gasteiger partial charge is 0.261 e. The molecule has 0 aliphatic carbocycles. The number of carbonyl (C=O) groups excluding carboxylic acids is 1. The Kier molecular flexibility index (Phi) is 3.53.